The van der Waals surface area contributed by atoms with Gasteiger partial charge in [0.25, 0.3) is 5.91 Å². The number of nitrogens with zero attached hydrogens (tertiary/aromatic N) is 3. The van der Waals surface area contributed by atoms with Gasteiger partial charge in [0.1, 0.15) is 5.69 Å². The number of nitrogens with one attached hydrogen (secondary N) is 1. The quantitative estimate of drug-likeness (QED) is 0.890. The standard InChI is InChI=1S/C21H28N4O/c1-15-8-7-13-25(14-15)19(26)18-11-12-22-20(24-18)23-17-10-6-5-9-16(17)21(2,3)4/h5-6,9-12,15H,7-8,13-14H2,1-4H3,(H,22,23,24). The third-order valence-corrected chi connectivity index (χ3v) is 4.80. The van der Waals surface area contributed by atoms with Crippen LogP contribution in [-0.4, -0.2) is 33.9 Å². The Hall–Kier alpha value is -2.43. The number of likely N-dealkylation sites (tertiary alicyclic amines) is 1. The van der Waals surface area contributed by atoms with E-state index >= 15 is 0 Å². The van der Waals surface area contributed by atoms with Crippen LogP contribution >= 0.6 is 0 Å². The van der Waals surface area contributed by atoms with Crippen LogP contribution in [0.25, 0.3) is 0 Å². The third kappa shape index (κ3) is 4.21. The Morgan fingerprint density at radius 1 is 1.23 bits per heavy atom. The zero-order valence-corrected chi connectivity index (χ0v) is 16.1. The van der Waals surface area contributed by atoms with Gasteiger partial charge < -0.3 is 10.2 Å². The number of hydrogen-bond donors (Lipinski definition) is 1. The Labute approximate surface area is 155 Å². The molecule has 5 heteroatoms. The van der Waals surface area contributed by atoms with Gasteiger partial charge in [-0.15, -0.1) is 0 Å². The highest BCUT2D eigenvalue weighted by Crippen LogP contribution is 2.30. The van der Waals surface area contributed by atoms with Crippen LogP contribution in [-0.2, 0) is 5.41 Å². The molecule has 0 saturated carbocycles. The summed E-state index contributed by atoms with van der Waals surface area (Å²) in [7, 11) is 0. The van der Waals surface area contributed by atoms with Gasteiger partial charge in [0.15, 0.2) is 0 Å². The third-order valence-electron chi connectivity index (χ3n) is 4.80. The average Bonchev–Trinajstić information content (AvgIpc) is 2.61. The number of hydrogen-bond acceptors (Lipinski definition) is 4. The first-order chi connectivity index (χ1) is 12.3. The average molecular weight is 352 g/mol. The van der Waals surface area contributed by atoms with E-state index in [2.05, 4.69) is 49.0 Å². The van der Waals surface area contributed by atoms with Crippen molar-refractivity contribution in [2.45, 2.75) is 46.0 Å². The summed E-state index contributed by atoms with van der Waals surface area (Å²) >= 11 is 0. The first-order valence-electron chi connectivity index (χ1n) is 9.33. The fraction of sp³-hybridized carbons (Fsp3) is 0.476. The molecule has 0 radical (unpaired) electrons. The number of amides is 1. The molecule has 2 heterocycles. The predicted molar refractivity (Wildman–Crippen MR) is 105 cm³/mol. The van der Waals surface area contributed by atoms with Crippen molar-refractivity contribution < 1.29 is 4.79 Å². The van der Waals surface area contributed by atoms with Crippen molar-refractivity contribution in [1.29, 1.82) is 0 Å². The normalized spacial score (nSPS) is 17.8. The monoisotopic (exact) mass is 352 g/mol. The molecule has 2 aromatic rings. The number of carbonyl (C=O) groups excluding carboxylic acids is 1. The summed E-state index contributed by atoms with van der Waals surface area (Å²) in [6.45, 7) is 10.3. The van der Waals surface area contributed by atoms with E-state index in [1.54, 1.807) is 12.3 Å². The van der Waals surface area contributed by atoms with E-state index in [4.69, 9.17) is 0 Å². The van der Waals surface area contributed by atoms with Crippen LogP contribution in [0.2, 0.25) is 0 Å². The zero-order chi connectivity index (χ0) is 18.7. The number of aromatic nitrogens is 2. The van der Waals surface area contributed by atoms with Gasteiger partial charge in [0.2, 0.25) is 5.95 Å². The molecule has 1 fully saturated rings. The van der Waals surface area contributed by atoms with E-state index in [1.165, 1.54) is 12.0 Å². The largest absolute Gasteiger partial charge is 0.337 e. The molecule has 5 nitrogen and oxygen atoms in total. The molecule has 1 saturated heterocycles. The molecule has 138 valence electrons. The fourth-order valence-electron chi connectivity index (χ4n) is 3.44. The molecular formula is C21H28N4O. The second-order valence-electron chi connectivity index (χ2n) is 8.18. The van der Waals surface area contributed by atoms with Crippen molar-refractivity contribution in [3.05, 3.63) is 47.8 Å². The molecule has 1 amide bonds. The summed E-state index contributed by atoms with van der Waals surface area (Å²) in [5.74, 6) is 0.995. The molecule has 0 spiro atoms. The molecular weight excluding hydrogens is 324 g/mol. The number of benzene rings is 1. The second kappa shape index (κ2) is 7.44. The van der Waals surface area contributed by atoms with E-state index in [-0.39, 0.29) is 11.3 Å². The van der Waals surface area contributed by atoms with Crippen LogP contribution in [0.1, 0.15) is 56.6 Å². The summed E-state index contributed by atoms with van der Waals surface area (Å²) in [6.07, 6.45) is 3.89. The number of piperidine rings is 1. The molecule has 1 N–H and O–H groups in total. The molecule has 0 bridgehead atoms. The number of para-hydroxylation sites is 1. The summed E-state index contributed by atoms with van der Waals surface area (Å²) in [4.78, 5) is 23.5. The summed E-state index contributed by atoms with van der Waals surface area (Å²) < 4.78 is 0. The topological polar surface area (TPSA) is 58.1 Å². The van der Waals surface area contributed by atoms with Gasteiger partial charge in [0, 0.05) is 25.0 Å². The Balaban J connectivity index is 1.81. The molecule has 1 aromatic heterocycles. The van der Waals surface area contributed by atoms with Crippen LogP contribution in [0.15, 0.2) is 36.5 Å². The van der Waals surface area contributed by atoms with Crippen molar-refractivity contribution >= 4 is 17.5 Å². The number of anilines is 2. The second-order valence-corrected chi connectivity index (χ2v) is 8.18. The van der Waals surface area contributed by atoms with E-state index in [9.17, 15) is 4.79 Å². The fourth-order valence-corrected chi connectivity index (χ4v) is 3.44. The maximum Gasteiger partial charge on any atom is 0.272 e. The van der Waals surface area contributed by atoms with E-state index in [0.717, 1.165) is 25.2 Å². The lowest BCUT2D eigenvalue weighted by atomic mass is 9.86. The number of carbonyl (C=O) groups is 1. The van der Waals surface area contributed by atoms with Crippen LogP contribution in [0.5, 0.6) is 0 Å². The summed E-state index contributed by atoms with van der Waals surface area (Å²) in [5.41, 5.74) is 2.60. The van der Waals surface area contributed by atoms with Gasteiger partial charge in [-0.05, 0) is 41.9 Å². The smallest absolute Gasteiger partial charge is 0.272 e. The summed E-state index contributed by atoms with van der Waals surface area (Å²) in [6, 6.07) is 9.84. The van der Waals surface area contributed by atoms with Crippen LogP contribution in [0.3, 0.4) is 0 Å². The van der Waals surface area contributed by atoms with Crippen LogP contribution in [0, 0.1) is 5.92 Å². The minimum Gasteiger partial charge on any atom is -0.337 e. The Morgan fingerprint density at radius 3 is 2.73 bits per heavy atom. The van der Waals surface area contributed by atoms with Crippen molar-refractivity contribution in [3.8, 4) is 0 Å². The van der Waals surface area contributed by atoms with Crippen molar-refractivity contribution in [2.75, 3.05) is 18.4 Å². The van der Waals surface area contributed by atoms with E-state index in [0.29, 0.717) is 17.6 Å². The molecule has 1 unspecified atom stereocenters. The lowest BCUT2D eigenvalue weighted by molar-refractivity contribution is 0.0677. The highest BCUT2D eigenvalue weighted by Gasteiger charge is 2.23. The van der Waals surface area contributed by atoms with Gasteiger partial charge in [-0.1, -0.05) is 45.9 Å². The van der Waals surface area contributed by atoms with Gasteiger partial charge in [-0.2, -0.15) is 0 Å². The molecule has 1 aliphatic rings. The lowest BCUT2D eigenvalue weighted by Crippen LogP contribution is -2.39. The van der Waals surface area contributed by atoms with E-state index in [1.807, 2.05) is 23.1 Å². The molecule has 1 aromatic carbocycles. The molecule has 1 atom stereocenters. The van der Waals surface area contributed by atoms with Gasteiger partial charge in [0.05, 0.1) is 0 Å². The molecule has 0 aliphatic carbocycles. The zero-order valence-electron chi connectivity index (χ0n) is 16.1. The Morgan fingerprint density at radius 2 is 2.00 bits per heavy atom. The van der Waals surface area contributed by atoms with Crippen molar-refractivity contribution in [1.82, 2.24) is 14.9 Å². The molecule has 26 heavy (non-hydrogen) atoms. The van der Waals surface area contributed by atoms with Gasteiger partial charge in [-0.3, -0.25) is 4.79 Å². The molecule has 1 aliphatic heterocycles. The summed E-state index contributed by atoms with van der Waals surface area (Å²) in [5, 5.41) is 3.29. The van der Waals surface area contributed by atoms with Crippen LogP contribution in [0.4, 0.5) is 11.6 Å². The molecule has 3 rings (SSSR count). The minimum atomic E-state index is -0.00823. The van der Waals surface area contributed by atoms with Gasteiger partial charge >= 0.3 is 0 Å². The highest BCUT2D eigenvalue weighted by molar-refractivity contribution is 5.92. The Kier molecular flexibility index (Phi) is 5.25. The van der Waals surface area contributed by atoms with Crippen molar-refractivity contribution in [2.24, 2.45) is 5.92 Å². The maximum absolute atomic E-state index is 12.8. The number of rotatable bonds is 3. The SMILES string of the molecule is CC1CCCN(C(=O)c2ccnc(Nc3ccccc3C(C)(C)C)n2)C1. The lowest BCUT2D eigenvalue weighted by Gasteiger charge is -2.30. The first kappa shape index (κ1) is 18.4. The highest BCUT2D eigenvalue weighted by atomic mass is 16.2. The Bertz CT molecular complexity index is 782. The maximum atomic E-state index is 12.8. The predicted octanol–water partition coefficient (Wildman–Crippen LogP) is 4.39. The van der Waals surface area contributed by atoms with Gasteiger partial charge in [-0.25, -0.2) is 9.97 Å². The van der Waals surface area contributed by atoms with E-state index < -0.39 is 0 Å². The van der Waals surface area contributed by atoms with Crippen molar-refractivity contribution in [3.63, 3.8) is 0 Å². The van der Waals surface area contributed by atoms with Crippen LogP contribution < -0.4 is 5.32 Å². The first-order valence-corrected chi connectivity index (χ1v) is 9.33. The minimum absolute atomic E-state index is 0.000955.